The van der Waals surface area contributed by atoms with Crippen LogP contribution >= 0.6 is 31.9 Å². The maximum absolute atomic E-state index is 3.59. The lowest BCUT2D eigenvalue weighted by atomic mass is 10.1. The highest BCUT2D eigenvalue weighted by Crippen LogP contribution is 2.23. The standard InChI is InChI=1S/C15H15Br2N/c1-11(14-7-2-3-8-15(14)17)18-10-12-5-4-6-13(16)9-12/h2-9,11,18H,10H2,1H3/t11-/m0/s1. The summed E-state index contributed by atoms with van der Waals surface area (Å²) >= 11 is 7.08. The van der Waals surface area contributed by atoms with Crippen LogP contribution in [0.25, 0.3) is 0 Å². The molecule has 2 aromatic rings. The van der Waals surface area contributed by atoms with Crippen LogP contribution in [0.5, 0.6) is 0 Å². The van der Waals surface area contributed by atoms with Gasteiger partial charge in [-0.1, -0.05) is 62.2 Å². The summed E-state index contributed by atoms with van der Waals surface area (Å²) in [5, 5.41) is 3.53. The second-order valence-electron chi connectivity index (χ2n) is 4.25. The van der Waals surface area contributed by atoms with E-state index in [1.54, 1.807) is 0 Å². The van der Waals surface area contributed by atoms with Crippen LogP contribution in [0.4, 0.5) is 0 Å². The highest BCUT2D eigenvalue weighted by atomic mass is 79.9. The summed E-state index contributed by atoms with van der Waals surface area (Å²) in [6.45, 7) is 3.04. The predicted octanol–water partition coefficient (Wildman–Crippen LogP) is 5.06. The number of rotatable bonds is 4. The fourth-order valence-corrected chi connectivity index (χ4v) is 2.93. The van der Waals surface area contributed by atoms with Gasteiger partial charge in [0.15, 0.2) is 0 Å². The Hall–Kier alpha value is -0.640. The monoisotopic (exact) mass is 367 g/mol. The van der Waals surface area contributed by atoms with Gasteiger partial charge in [0.25, 0.3) is 0 Å². The fourth-order valence-electron chi connectivity index (χ4n) is 1.85. The van der Waals surface area contributed by atoms with Crippen LogP contribution in [0.2, 0.25) is 0 Å². The molecule has 1 nitrogen and oxygen atoms in total. The van der Waals surface area contributed by atoms with E-state index in [9.17, 15) is 0 Å². The summed E-state index contributed by atoms with van der Waals surface area (Å²) in [7, 11) is 0. The highest BCUT2D eigenvalue weighted by Gasteiger charge is 2.07. The largest absolute Gasteiger partial charge is 0.306 e. The lowest BCUT2D eigenvalue weighted by molar-refractivity contribution is 0.573. The average molecular weight is 369 g/mol. The molecule has 2 aromatic carbocycles. The Morgan fingerprint density at radius 1 is 1.06 bits per heavy atom. The molecule has 94 valence electrons. The van der Waals surface area contributed by atoms with E-state index in [2.05, 4.69) is 80.5 Å². The Morgan fingerprint density at radius 2 is 1.83 bits per heavy atom. The van der Waals surface area contributed by atoms with Crippen molar-refractivity contribution >= 4 is 31.9 Å². The lowest BCUT2D eigenvalue weighted by Gasteiger charge is -2.16. The molecule has 0 unspecified atom stereocenters. The van der Waals surface area contributed by atoms with Crippen LogP contribution in [0, 0.1) is 0 Å². The van der Waals surface area contributed by atoms with E-state index < -0.39 is 0 Å². The molecule has 0 saturated heterocycles. The summed E-state index contributed by atoms with van der Waals surface area (Å²) in [6.07, 6.45) is 0. The molecule has 0 amide bonds. The first kappa shape index (κ1) is 13.8. The Bertz CT molecular complexity index is 525. The molecule has 0 heterocycles. The van der Waals surface area contributed by atoms with E-state index in [0.717, 1.165) is 15.5 Å². The maximum atomic E-state index is 3.59. The summed E-state index contributed by atoms with van der Waals surface area (Å²) < 4.78 is 2.27. The molecular weight excluding hydrogens is 354 g/mol. The van der Waals surface area contributed by atoms with Crippen molar-refractivity contribution in [3.63, 3.8) is 0 Å². The minimum Gasteiger partial charge on any atom is -0.306 e. The Balaban J connectivity index is 2.00. The zero-order valence-electron chi connectivity index (χ0n) is 10.2. The average Bonchev–Trinajstić information content (AvgIpc) is 2.37. The van der Waals surface area contributed by atoms with Gasteiger partial charge in [-0.15, -0.1) is 0 Å². The molecule has 0 saturated carbocycles. The first-order valence-electron chi connectivity index (χ1n) is 5.89. The molecule has 0 fully saturated rings. The zero-order chi connectivity index (χ0) is 13.0. The topological polar surface area (TPSA) is 12.0 Å². The van der Waals surface area contributed by atoms with Crippen molar-refractivity contribution in [3.05, 3.63) is 68.6 Å². The van der Waals surface area contributed by atoms with Crippen molar-refractivity contribution in [2.24, 2.45) is 0 Å². The molecule has 0 aliphatic carbocycles. The first-order valence-corrected chi connectivity index (χ1v) is 7.47. The first-order chi connectivity index (χ1) is 8.66. The molecule has 1 atom stereocenters. The number of hydrogen-bond donors (Lipinski definition) is 1. The number of hydrogen-bond acceptors (Lipinski definition) is 1. The summed E-state index contributed by atoms with van der Waals surface area (Å²) in [4.78, 5) is 0. The molecule has 0 aliphatic heterocycles. The van der Waals surface area contributed by atoms with Crippen molar-refractivity contribution in [2.75, 3.05) is 0 Å². The number of nitrogens with one attached hydrogen (secondary N) is 1. The fraction of sp³-hybridized carbons (Fsp3) is 0.200. The molecule has 0 radical (unpaired) electrons. The third-order valence-corrected chi connectivity index (χ3v) is 4.09. The minimum absolute atomic E-state index is 0.319. The van der Waals surface area contributed by atoms with Crippen molar-refractivity contribution in [1.29, 1.82) is 0 Å². The van der Waals surface area contributed by atoms with Crippen LogP contribution in [0.1, 0.15) is 24.1 Å². The highest BCUT2D eigenvalue weighted by molar-refractivity contribution is 9.10. The number of halogens is 2. The molecule has 0 aliphatic rings. The van der Waals surface area contributed by atoms with Crippen LogP contribution in [0.3, 0.4) is 0 Å². The van der Waals surface area contributed by atoms with Gasteiger partial charge >= 0.3 is 0 Å². The molecule has 18 heavy (non-hydrogen) atoms. The molecule has 0 bridgehead atoms. The van der Waals surface area contributed by atoms with Gasteiger partial charge in [0.2, 0.25) is 0 Å². The molecule has 0 spiro atoms. The second-order valence-corrected chi connectivity index (χ2v) is 6.02. The van der Waals surface area contributed by atoms with E-state index in [0.29, 0.717) is 6.04 Å². The molecular formula is C15H15Br2N. The third-order valence-electron chi connectivity index (χ3n) is 2.87. The van der Waals surface area contributed by atoms with Crippen molar-refractivity contribution in [1.82, 2.24) is 5.32 Å². The Morgan fingerprint density at radius 3 is 2.56 bits per heavy atom. The van der Waals surface area contributed by atoms with Crippen molar-refractivity contribution < 1.29 is 0 Å². The zero-order valence-corrected chi connectivity index (χ0v) is 13.3. The SMILES string of the molecule is C[C@H](NCc1cccc(Br)c1)c1ccccc1Br. The molecule has 2 rings (SSSR count). The van der Waals surface area contributed by atoms with Crippen molar-refractivity contribution in [2.45, 2.75) is 19.5 Å². The third kappa shape index (κ3) is 3.67. The van der Waals surface area contributed by atoms with Gasteiger partial charge in [-0.2, -0.15) is 0 Å². The maximum Gasteiger partial charge on any atom is 0.0306 e. The van der Waals surface area contributed by atoms with Gasteiger partial charge in [-0.05, 0) is 36.2 Å². The smallest absolute Gasteiger partial charge is 0.0306 e. The van der Waals surface area contributed by atoms with E-state index in [1.165, 1.54) is 11.1 Å². The number of benzene rings is 2. The van der Waals surface area contributed by atoms with E-state index in [4.69, 9.17) is 0 Å². The Kier molecular flexibility index (Phi) is 4.98. The van der Waals surface area contributed by atoms with Gasteiger partial charge in [-0.3, -0.25) is 0 Å². The van der Waals surface area contributed by atoms with Gasteiger partial charge in [0, 0.05) is 21.5 Å². The van der Waals surface area contributed by atoms with Crippen LogP contribution < -0.4 is 5.32 Å². The van der Waals surface area contributed by atoms with E-state index in [1.807, 2.05) is 12.1 Å². The van der Waals surface area contributed by atoms with Crippen LogP contribution in [0.15, 0.2) is 57.5 Å². The van der Waals surface area contributed by atoms with Gasteiger partial charge < -0.3 is 5.32 Å². The van der Waals surface area contributed by atoms with Gasteiger partial charge in [0.05, 0.1) is 0 Å². The molecule has 1 N–H and O–H groups in total. The van der Waals surface area contributed by atoms with Crippen LogP contribution in [-0.4, -0.2) is 0 Å². The quantitative estimate of drug-likeness (QED) is 0.794. The van der Waals surface area contributed by atoms with Crippen molar-refractivity contribution in [3.8, 4) is 0 Å². The van der Waals surface area contributed by atoms with Gasteiger partial charge in [0.1, 0.15) is 0 Å². The summed E-state index contributed by atoms with van der Waals surface area (Å²) in [5.41, 5.74) is 2.57. The lowest BCUT2D eigenvalue weighted by Crippen LogP contribution is -2.18. The minimum atomic E-state index is 0.319. The van der Waals surface area contributed by atoms with Crippen LogP contribution in [-0.2, 0) is 6.54 Å². The normalized spacial score (nSPS) is 12.4. The van der Waals surface area contributed by atoms with E-state index >= 15 is 0 Å². The summed E-state index contributed by atoms with van der Waals surface area (Å²) in [6, 6.07) is 17.0. The van der Waals surface area contributed by atoms with Gasteiger partial charge in [-0.25, -0.2) is 0 Å². The van der Waals surface area contributed by atoms with E-state index in [-0.39, 0.29) is 0 Å². The predicted molar refractivity (Wildman–Crippen MR) is 83.5 cm³/mol. The Labute approximate surface area is 125 Å². The molecule has 0 aromatic heterocycles. The molecule has 3 heteroatoms. The second kappa shape index (κ2) is 6.50. The summed E-state index contributed by atoms with van der Waals surface area (Å²) in [5.74, 6) is 0.